The summed E-state index contributed by atoms with van der Waals surface area (Å²) in [5, 5.41) is 0. The first kappa shape index (κ1) is 11.7. The fourth-order valence-corrected chi connectivity index (χ4v) is 1.61. The van der Waals surface area contributed by atoms with Gasteiger partial charge in [-0.3, -0.25) is 0 Å². The van der Waals surface area contributed by atoms with E-state index in [4.69, 9.17) is 4.18 Å². The molecule has 0 fully saturated rings. The average molecular weight is 253 g/mol. The van der Waals surface area contributed by atoms with Gasteiger partial charge in [0.1, 0.15) is 0 Å². The number of aromatic nitrogens is 2. The molecule has 0 amide bonds. The Morgan fingerprint density at radius 2 is 1.82 bits per heavy atom. The molecule has 0 N–H and O–H groups in total. The fraction of sp³-hybridized carbons (Fsp3) is 0.200. The van der Waals surface area contributed by atoms with Gasteiger partial charge in [-0.25, -0.2) is 9.97 Å². The zero-order valence-electron chi connectivity index (χ0n) is 9.36. The molecule has 90 valence electrons. The highest BCUT2D eigenvalue weighted by atomic mass is 32.2. The van der Waals surface area contributed by atoms with Gasteiger partial charge in [0.05, 0.1) is 17.2 Å². The van der Waals surface area contributed by atoms with Crippen molar-refractivity contribution in [1.29, 1.82) is 0 Å². The number of rotatable bonds is 3. The Labute approximate surface area is 99.1 Å². The van der Waals surface area contributed by atoms with Gasteiger partial charge in [0.15, 0.2) is 0 Å². The lowest BCUT2D eigenvalue weighted by atomic mass is 10.3. The van der Waals surface area contributed by atoms with Crippen molar-refractivity contribution < 1.29 is 12.6 Å². The summed E-state index contributed by atoms with van der Waals surface area (Å²) < 4.78 is 28.7. The molecule has 0 unspecified atom stereocenters. The molecule has 6 nitrogen and oxygen atoms in total. The van der Waals surface area contributed by atoms with Gasteiger partial charge >= 0.3 is 10.3 Å². The summed E-state index contributed by atoms with van der Waals surface area (Å²) >= 11 is 0. The van der Waals surface area contributed by atoms with Gasteiger partial charge < -0.3 is 4.18 Å². The number of para-hydroxylation sites is 2. The number of benzene rings is 1. The summed E-state index contributed by atoms with van der Waals surface area (Å²) in [7, 11) is -1.03. The molecule has 0 aliphatic heterocycles. The number of hydrogen-bond acceptors (Lipinski definition) is 5. The molecule has 17 heavy (non-hydrogen) atoms. The second kappa shape index (κ2) is 4.27. The van der Waals surface area contributed by atoms with E-state index in [0.29, 0.717) is 11.0 Å². The second-order valence-electron chi connectivity index (χ2n) is 3.52. The molecule has 0 bridgehead atoms. The predicted molar refractivity (Wildman–Crippen MR) is 62.8 cm³/mol. The summed E-state index contributed by atoms with van der Waals surface area (Å²) in [6.07, 6.45) is 1.28. The monoisotopic (exact) mass is 253 g/mol. The molecule has 2 aromatic rings. The number of fused-ring (bicyclic) bond motifs is 1. The van der Waals surface area contributed by atoms with Crippen molar-refractivity contribution in [2.24, 2.45) is 0 Å². The maximum atomic E-state index is 11.5. The van der Waals surface area contributed by atoms with E-state index in [1.807, 2.05) is 6.07 Å². The van der Waals surface area contributed by atoms with Crippen molar-refractivity contribution in [3.63, 3.8) is 0 Å². The van der Waals surface area contributed by atoms with Gasteiger partial charge in [0.25, 0.3) is 5.88 Å². The van der Waals surface area contributed by atoms with Gasteiger partial charge in [0.2, 0.25) is 0 Å². The highest BCUT2D eigenvalue weighted by molar-refractivity contribution is 7.84. The van der Waals surface area contributed by atoms with Crippen LogP contribution < -0.4 is 4.18 Å². The highest BCUT2D eigenvalue weighted by Gasteiger charge is 2.16. The molecule has 0 saturated carbocycles. The molecule has 0 atom stereocenters. The summed E-state index contributed by atoms with van der Waals surface area (Å²) in [6.45, 7) is 0. The van der Waals surface area contributed by atoms with E-state index in [1.54, 1.807) is 18.2 Å². The topological polar surface area (TPSA) is 72.4 Å². The zero-order valence-corrected chi connectivity index (χ0v) is 10.2. The largest absolute Gasteiger partial charge is 0.386 e. The van der Waals surface area contributed by atoms with E-state index < -0.39 is 10.3 Å². The van der Waals surface area contributed by atoms with Crippen LogP contribution in [0.2, 0.25) is 0 Å². The van der Waals surface area contributed by atoms with E-state index >= 15 is 0 Å². The van der Waals surface area contributed by atoms with Crippen LogP contribution in [-0.4, -0.2) is 36.8 Å². The molecule has 0 saturated heterocycles. The maximum absolute atomic E-state index is 11.5. The van der Waals surface area contributed by atoms with Crippen LogP contribution in [0.1, 0.15) is 0 Å². The minimum Gasteiger partial charge on any atom is -0.348 e. The van der Waals surface area contributed by atoms with E-state index in [2.05, 4.69) is 9.97 Å². The summed E-state index contributed by atoms with van der Waals surface area (Å²) in [4.78, 5) is 8.11. The highest BCUT2D eigenvalue weighted by Crippen LogP contribution is 2.14. The van der Waals surface area contributed by atoms with Crippen molar-refractivity contribution in [1.82, 2.24) is 14.3 Å². The smallest absolute Gasteiger partial charge is 0.348 e. The van der Waals surface area contributed by atoms with Crippen molar-refractivity contribution in [2.75, 3.05) is 14.1 Å². The molecule has 1 aromatic carbocycles. The van der Waals surface area contributed by atoms with Crippen LogP contribution in [0.25, 0.3) is 11.0 Å². The molecule has 0 spiro atoms. The molecule has 0 aliphatic carbocycles. The van der Waals surface area contributed by atoms with Crippen LogP contribution in [0.15, 0.2) is 30.5 Å². The molecule has 7 heteroatoms. The van der Waals surface area contributed by atoms with E-state index in [0.717, 1.165) is 4.31 Å². The Bertz CT molecular complexity index is 640. The lowest BCUT2D eigenvalue weighted by Gasteiger charge is -2.10. The lowest BCUT2D eigenvalue weighted by Crippen LogP contribution is -2.27. The van der Waals surface area contributed by atoms with Gasteiger partial charge in [-0.2, -0.15) is 12.7 Å². The zero-order chi connectivity index (χ0) is 12.5. The number of nitrogens with zero attached hydrogens (tertiary/aromatic N) is 3. The van der Waals surface area contributed by atoms with Gasteiger partial charge in [0, 0.05) is 14.1 Å². The van der Waals surface area contributed by atoms with Crippen LogP contribution >= 0.6 is 0 Å². The third-order valence-electron chi connectivity index (χ3n) is 2.06. The van der Waals surface area contributed by atoms with E-state index in [1.165, 1.54) is 20.3 Å². The van der Waals surface area contributed by atoms with E-state index in [9.17, 15) is 8.42 Å². The van der Waals surface area contributed by atoms with Crippen molar-refractivity contribution >= 4 is 21.3 Å². The fourth-order valence-electron chi connectivity index (χ4n) is 1.16. The Hall–Kier alpha value is -1.73. The Morgan fingerprint density at radius 3 is 2.47 bits per heavy atom. The summed E-state index contributed by atoms with van der Waals surface area (Å²) in [5.74, 6) is -0.0441. The van der Waals surface area contributed by atoms with Crippen LogP contribution in [0, 0.1) is 0 Å². The number of hydrogen-bond donors (Lipinski definition) is 0. The predicted octanol–water partition coefficient (Wildman–Crippen LogP) is 0.815. The normalized spacial score (nSPS) is 11.9. The first-order valence-corrected chi connectivity index (χ1v) is 6.19. The molecule has 1 heterocycles. The minimum absolute atomic E-state index is 0.0441. The maximum Gasteiger partial charge on any atom is 0.386 e. The quantitative estimate of drug-likeness (QED) is 0.809. The second-order valence-corrected chi connectivity index (χ2v) is 5.27. The van der Waals surface area contributed by atoms with Crippen LogP contribution in [0.4, 0.5) is 0 Å². The molecule has 0 aliphatic rings. The summed E-state index contributed by atoms with van der Waals surface area (Å²) in [6, 6.07) is 7.14. The van der Waals surface area contributed by atoms with Gasteiger partial charge in [-0.1, -0.05) is 12.1 Å². The van der Waals surface area contributed by atoms with Crippen molar-refractivity contribution in [2.45, 2.75) is 0 Å². The van der Waals surface area contributed by atoms with Crippen LogP contribution in [0.3, 0.4) is 0 Å². The van der Waals surface area contributed by atoms with Gasteiger partial charge in [-0.05, 0) is 12.1 Å². The Morgan fingerprint density at radius 1 is 1.18 bits per heavy atom. The van der Waals surface area contributed by atoms with Gasteiger partial charge in [-0.15, -0.1) is 0 Å². The van der Waals surface area contributed by atoms with Crippen molar-refractivity contribution in [3.8, 4) is 5.88 Å². The minimum atomic E-state index is -3.79. The molecular weight excluding hydrogens is 242 g/mol. The van der Waals surface area contributed by atoms with E-state index in [-0.39, 0.29) is 5.88 Å². The van der Waals surface area contributed by atoms with Crippen molar-refractivity contribution in [3.05, 3.63) is 30.5 Å². The van der Waals surface area contributed by atoms with Crippen LogP contribution in [0.5, 0.6) is 5.88 Å². The molecule has 2 rings (SSSR count). The molecule has 0 radical (unpaired) electrons. The van der Waals surface area contributed by atoms with Crippen LogP contribution in [-0.2, 0) is 10.3 Å². The Kier molecular flexibility index (Phi) is 2.95. The lowest BCUT2D eigenvalue weighted by molar-refractivity contribution is 0.414. The first-order valence-electron chi connectivity index (χ1n) is 4.83. The molecule has 1 aromatic heterocycles. The third kappa shape index (κ3) is 2.51. The standard InChI is InChI=1S/C10H11N3O3S/c1-13(2)17(14,15)16-10-7-11-8-5-3-4-6-9(8)12-10/h3-7H,1-2H3. The third-order valence-corrected chi connectivity index (χ3v) is 3.34. The summed E-state index contributed by atoms with van der Waals surface area (Å²) in [5.41, 5.74) is 1.26. The first-order chi connectivity index (χ1) is 7.99. The Balaban J connectivity index is 2.38. The molecular formula is C10H11N3O3S. The SMILES string of the molecule is CN(C)S(=O)(=O)Oc1cnc2ccccc2n1. The average Bonchev–Trinajstić information content (AvgIpc) is 2.28.